The highest BCUT2D eigenvalue weighted by molar-refractivity contribution is 5.48. The van der Waals surface area contributed by atoms with Crippen LogP contribution < -0.4 is 4.90 Å². The van der Waals surface area contributed by atoms with Gasteiger partial charge in [-0.15, -0.1) is 0 Å². The molecule has 6 heteroatoms. The molecule has 2 aromatic heterocycles. The van der Waals surface area contributed by atoms with Gasteiger partial charge in [-0.1, -0.05) is 6.07 Å². The summed E-state index contributed by atoms with van der Waals surface area (Å²) >= 11 is 0. The fourth-order valence-corrected chi connectivity index (χ4v) is 2.96. The van der Waals surface area contributed by atoms with Crippen molar-refractivity contribution in [2.75, 3.05) is 38.3 Å². The fourth-order valence-electron chi connectivity index (χ4n) is 2.96. The van der Waals surface area contributed by atoms with E-state index in [9.17, 15) is 0 Å². The first-order chi connectivity index (χ1) is 11.2. The van der Waals surface area contributed by atoms with Crippen molar-refractivity contribution in [1.82, 2.24) is 19.4 Å². The average molecular weight is 315 g/mol. The monoisotopic (exact) mass is 315 g/mol. The third kappa shape index (κ3) is 3.71. The molecule has 0 unspecified atom stereocenters. The van der Waals surface area contributed by atoms with Gasteiger partial charge in [0.1, 0.15) is 11.6 Å². The zero-order valence-electron chi connectivity index (χ0n) is 14.2. The SMILES string of the molecule is COCCN1CCN(Cc2nccn2C)Cc2ccc(C)nc21. The minimum atomic E-state index is 0.717. The molecule has 1 aliphatic rings. The van der Waals surface area contributed by atoms with Crippen molar-refractivity contribution in [3.05, 3.63) is 41.6 Å². The third-order valence-corrected chi connectivity index (χ3v) is 4.33. The molecule has 23 heavy (non-hydrogen) atoms. The number of pyridine rings is 1. The van der Waals surface area contributed by atoms with Gasteiger partial charge in [0.05, 0.1) is 13.2 Å². The van der Waals surface area contributed by atoms with E-state index in [4.69, 9.17) is 9.72 Å². The molecule has 0 saturated heterocycles. The number of methoxy groups -OCH3 is 1. The summed E-state index contributed by atoms with van der Waals surface area (Å²) in [6.07, 6.45) is 3.85. The Hall–Kier alpha value is -1.92. The van der Waals surface area contributed by atoms with Crippen molar-refractivity contribution >= 4 is 5.82 Å². The number of rotatable bonds is 5. The van der Waals surface area contributed by atoms with Crippen LogP contribution in [0.4, 0.5) is 5.82 Å². The lowest BCUT2D eigenvalue weighted by Crippen LogP contribution is -2.34. The predicted octanol–water partition coefficient (Wildman–Crippen LogP) is 1.59. The lowest BCUT2D eigenvalue weighted by atomic mass is 10.2. The Morgan fingerprint density at radius 1 is 1.26 bits per heavy atom. The second-order valence-electron chi connectivity index (χ2n) is 6.08. The Labute approximate surface area is 137 Å². The first kappa shape index (κ1) is 16.0. The minimum absolute atomic E-state index is 0.717. The number of fused-ring (bicyclic) bond motifs is 1. The second kappa shape index (κ2) is 7.10. The molecule has 3 rings (SSSR count). The molecule has 0 spiro atoms. The van der Waals surface area contributed by atoms with Gasteiger partial charge >= 0.3 is 0 Å². The van der Waals surface area contributed by atoms with E-state index in [1.807, 2.05) is 26.4 Å². The molecule has 3 heterocycles. The highest BCUT2D eigenvalue weighted by Gasteiger charge is 2.21. The summed E-state index contributed by atoms with van der Waals surface area (Å²) in [5.74, 6) is 2.20. The van der Waals surface area contributed by atoms with Crippen molar-refractivity contribution < 1.29 is 4.74 Å². The van der Waals surface area contributed by atoms with E-state index < -0.39 is 0 Å². The first-order valence-electron chi connectivity index (χ1n) is 8.06. The average Bonchev–Trinajstić information content (AvgIpc) is 2.85. The molecule has 0 aromatic carbocycles. The quantitative estimate of drug-likeness (QED) is 0.838. The Balaban J connectivity index is 1.81. The van der Waals surface area contributed by atoms with Crippen LogP contribution in [0.15, 0.2) is 24.5 Å². The van der Waals surface area contributed by atoms with Crippen LogP contribution in [0.5, 0.6) is 0 Å². The number of nitrogens with zero attached hydrogens (tertiary/aromatic N) is 5. The van der Waals surface area contributed by atoms with Crippen molar-refractivity contribution in [3.8, 4) is 0 Å². The topological polar surface area (TPSA) is 46.4 Å². The van der Waals surface area contributed by atoms with E-state index in [1.165, 1.54) is 5.56 Å². The van der Waals surface area contributed by atoms with E-state index in [2.05, 4.69) is 31.5 Å². The Kier molecular flexibility index (Phi) is 4.93. The summed E-state index contributed by atoms with van der Waals surface area (Å²) in [6.45, 7) is 7.34. The standard InChI is InChI=1S/C17H25N5O/c1-14-4-5-15-12-21(13-16-18-6-7-20(16)2)8-9-22(10-11-23-3)17(15)19-14/h4-7H,8-13H2,1-3H3. The van der Waals surface area contributed by atoms with Gasteiger partial charge in [0.25, 0.3) is 0 Å². The molecule has 0 radical (unpaired) electrons. The molecule has 0 amide bonds. The Bertz CT molecular complexity index is 654. The highest BCUT2D eigenvalue weighted by Crippen LogP contribution is 2.24. The van der Waals surface area contributed by atoms with E-state index >= 15 is 0 Å². The molecule has 2 aromatic rings. The van der Waals surface area contributed by atoms with E-state index in [1.54, 1.807) is 7.11 Å². The van der Waals surface area contributed by atoms with Crippen LogP contribution >= 0.6 is 0 Å². The van der Waals surface area contributed by atoms with Gasteiger partial charge in [0, 0.05) is 64.0 Å². The lowest BCUT2D eigenvalue weighted by Gasteiger charge is -2.23. The van der Waals surface area contributed by atoms with Crippen LogP contribution in [-0.4, -0.2) is 52.8 Å². The summed E-state index contributed by atoms with van der Waals surface area (Å²) < 4.78 is 7.35. The number of hydrogen-bond acceptors (Lipinski definition) is 5. The van der Waals surface area contributed by atoms with Gasteiger partial charge in [-0.25, -0.2) is 9.97 Å². The van der Waals surface area contributed by atoms with Gasteiger partial charge in [-0.3, -0.25) is 4.90 Å². The van der Waals surface area contributed by atoms with Crippen LogP contribution in [0, 0.1) is 6.92 Å². The maximum absolute atomic E-state index is 5.26. The number of aromatic nitrogens is 3. The zero-order valence-corrected chi connectivity index (χ0v) is 14.2. The number of ether oxygens (including phenoxy) is 1. The highest BCUT2D eigenvalue weighted by atomic mass is 16.5. The Morgan fingerprint density at radius 2 is 2.13 bits per heavy atom. The normalized spacial score (nSPS) is 15.5. The maximum Gasteiger partial charge on any atom is 0.133 e. The molecule has 0 aliphatic carbocycles. The summed E-state index contributed by atoms with van der Waals surface area (Å²) in [5.41, 5.74) is 2.34. The van der Waals surface area contributed by atoms with Gasteiger partial charge in [0.2, 0.25) is 0 Å². The molecule has 124 valence electrons. The molecule has 0 saturated carbocycles. The van der Waals surface area contributed by atoms with Crippen LogP contribution in [0.25, 0.3) is 0 Å². The Morgan fingerprint density at radius 3 is 2.87 bits per heavy atom. The minimum Gasteiger partial charge on any atom is -0.383 e. The van der Waals surface area contributed by atoms with Crippen molar-refractivity contribution in [1.29, 1.82) is 0 Å². The van der Waals surface area contributed by atoms with Gasteiger partial charge in [-0.2, -0.15) is 0 Å². The summed E-state index contributed by atoms with van der Waals surface area (Å²) in [6, 6.07) is 4.30. The van der Waals surface area contributed by atoms with Crippen molar-refractivity contribution in [2.45, 2.75) is 20.0 Å². The first-order valence-corrected chi connectivity index (χ1v) is 8.06. The number of aryl methyl sites for hydroxylation is 2. The van der Waals surface area contributed by atoms with Crippen LogP contribution in [-0.2, 0) is 24.9 Å². The van der Waals surface area contributed by atoms with Gasteiger partial charge in [0.15, 0.2) is 0 Å². The smallest absolute Gasteiger partial charge is 0.133 e. The molecule has 0 bridgehead atoms. The van der Waals surface area contributed by atoms with Crippen LogP contribution in [0.2, 0.25) is 0 Å². The summed E-state index contributed by atoms with van der Waals surface area (Å²) in [5, 5.41) is 0. The summed E-state index contributed by atoms with van der Waals surface area (Å²) in [4.78, 5) is 14.0. The molecular weight excluding hydrogens is 290 g/mol. The van der Waals surface area contributed by atoms with E-state index in [-0.39, 0.29) is 0 Å². The van der Waals surface area contributed by atoms with Gasteiger partial charge < -0.3 is 14.2 Å². The molecular formula is C17H25N5O. The largest absolute Gasteiger partial charge is 0.383 e. The van der Waals surface area contributed by atoms with Crippen molar-refractivity contribution in [3.63, 3.8) is 0 Å². The van der Waals surface area contributed by atoms with Crippen LogP contribution in [0.3, 0.4) is 0 Å². The zero-order chi connectivity index (χ0) is 16.2. The molecule has 0 N–H and O–H groups in total. The number of anilines is 1. The van der Waals surface area contributed by atoms with Crippen molar-refractivity contribution in [2.24, 2.45) is 7.05 Å². The molecule has 1 aliphatic heterocycles. The lowest BCUT2D eigenvalue weighted by molar-refractivity contribution is 0.203. The maximum atomic E-state index is 5.26. The molecule has 0 atom stereocenters. The van der Waals surface area contributed by atoms with Crippen LogP contribution in [0.1, 0.15) is 17.1 Å². The van der Waals surface area contributed by atoms with E-state index in [0.29, 0.717) is 6.61 Å². The number of imidazole rings is 1. The number of hydrogen-bond donors (Lipinski definition) is 0. The molecule has 0 fully saturated rings. The van der Waals surface area contributed by atoms with E-state index in [0.717, 1.165) is 50.1 Å². The third-order valence-electron chi connectivity index (χ3n) is 4.33. The predicted molar refractivity (Wildman–Crippen MR) is 90.4 cm³/mol. The fraction of sp³-hybridized carbons (Fsp3) is 0.529. The van der Waals surface area contributed by atoms with Gasteiger partial charge in [-0.05, 0) is 13.0 Å². The second-order valence-corrected chi connectivity index (χ2v) is 6.08. The summed E-state index contributed by atoms with van der Waals surface area (Å²) in [7, 11) is 3.79. The molecule has 6 nitrogen and oxygen atoms in total.